The molecule has 4 nitrogen and oxygen atoms in total. The van der Waals surface area contributed by atoms with Crippen LogP contribution in [0.2, 0.25) is 5.02 Å². The van der Waals surface area contributed by atoms with Crippen LogP contribution in [0, 0.1) is 0 Å². The van der Waals surface area contributed by atoms with Crippen LogP contribution >= 0.6 is 21.7 Å². The molecule has 0 aliphatic carbocycles. The van der Waals surface area contributed by atoms with Gasteiger partial charge in [-0.2, -0.15) is 10.0 Å². The summed E-state index contributed by atoms with van der Waals surface area (Å²) in [7, 11) is 5.83. The van der Waals surface area contributed by atoms with Crippen LogP contribution in [-0.4, -0.2) is 51.0 Å². The molecule has 0 radical (unpaired) electrons. The van der Waals surface area contributed by atoms with Gasteiger partial charge < -0.3 is 12.5 Å². The average molecular weight is 304 g/mol. The third-order valence-electron chi connectivity index (χ3n) is 2.58. The van der Waals surface area contributed by atoms with Crippen molar-refractivity contribution in [1.29, 1.82) is 0 Å². The molecule has 1 aromatic rings. The summed E-state index contributed by atoms with van der Waals surface area (Å²) in [5, 5.41) is 0.550. The van der Waals surface area contributed by atoms with E-state index >= 15 is 0 Å². The van der Waals surface area contributed by atoms with Gasteiger partial charge in [0, 0.05) is 36.9 Å². The van der Waals surface area contributed by atoms with Crippen molar-refractivity contribution in [3.8, 4) is 0 Å². The molecule has 0 N–H and O–H groups in total. The Kier molecular flexibility index (Phi) is 5.31. The molecule has 2 rings (SSSR count). The molecule has 0 spiro atoms. The second-order valence-electron chi connectivity index (χ2n) is 3.82. The van der Waals surface area contributed by atoms with Crippen LogP contribution in [0.4, 0.5) is 0 Å². The first-order chi connectivity index (χ1) is 8.66. The lowest BCUT2D eigenvalue weighted by Crippen LogP contribution is -2.40. The summed E-state index contributed by atoms with van der Waals surface area (Å²) in [6, 6.07) is 6.90. The number of hydrogen-bond donors (Lipinski definition) is 0. The van der Waals surface area contributed by atoms with Crippen molar-refractivity contribution in [2.45, 2.75) is 0 Å². The zero-order valence-corrected chi connectivity index (χ0v) is 12.3. The van der Waals surface area contributed by atoms with Crippen LogP contribution in [0.25, 0.3) is 0 Å². The zero-order valence-electron chi connectivity index (χ0n) is 9.64. The molecule has 96 valence electrons. The molecule has 0 aromatic heterocycles. The van der Waals surface area contributed by atoms with E-state index in [4.69, 9.17) is 29.2 Å². The Hall–Kier alpha value is -0.278. The molecule has 1 amide bonds. The maximum atomic E-state index is 12.2. The summed E-state index contributed by atoms with van der Waals surface area (Å²) in [6.07, 6.45) is 0. The molecular formula is C11H12AlCl2NO3. The molecule has 0 bridgehead atoms. The van der Waals surface area contributed by atoms with Gasteiger partial charge in [-0.15, -0.1) is 0 Å². The normalized spacial score (nSPS) is 17.2. The van der Waals surface area contributed by atoms with Gasteiger partial charge in [0.2, 0.25) is 0 Å². The largest absolute Gasteiger partial charge is 0.813 e. The predicted octanol–water partition coefficient (Wildman–Crippen LogP) is 2.05. The highest BCUT2D eigenvalue weighted by molar-refractivity contribution is 6.99. The molecule has 18 heavy (non-hydrogen) atoms. The fraction of sp³-hybridized carbons (Fsp3) is 0.364. The quantitative estimate of drug-likeness (QED) is 0.745. The summed E-state index contributed by atoms with van der Waals surface area (Å²) in [6.45, 7) is 1.86. The summed E-state index contributed by atoms with van der Waals surface area (Å²) >= 11 is 3.88. The number of halogens is 2. The standard InChI is InChI=1S/C11H12ClNO3.Al.ClH/c12-10-3-1-2-9(8-10)11(16)13(4-6-14)5-7-15;;/h1-3,8H,4-7H2;;1H/q-2;+3;/p-1. The van der Waals surface area contributed by atoms with Crippen LogP contribution in [0.3, 0.4) is 0 Å². The van der Waals surface area contributed by atoms with Gasteiger partial charge in [-0.1, -0.05) is 17.7 Å². The maximum Gasteiger partial charge on any atom is 0.813 e. The van der Waals surface area contributed by atoms with Crippen molar-refractivity contribution in [1.82, 2.24) is 4.90 Å². The smallest absolute Gasteiger partial charge is 0.464 e. The van der Waals surface area contributed by atoms with E-state index in [1.807, 2.05) is 0 Å². The van der Waals surface area contributed by atoms with E-state index in [2.05, 4.69) is 0 Å². The Labute approximate surface area is 120 Å². The predicted molar refractivity (Wildman–Crippen MR) is 70.9 cm³/mol. The van der Waals surface area contributed by atoms with E-state index in [1.165, 1.54) is 0 Å². The van der Waals surface area contributed by atoms with Crippen molar-refractivity contribution < 1.29 is 12.4 Å². The van der Waals surface area contributed by atoms with E-state index in [9.17, 15) is 4.79 Å². The second kappa shape index (κ2) is 6.76. The van der Waals surface area contributed by atoms with E-state index in [0.717, 1.165) is 0 Å². The summed E-state index contributed by atoms with van der Waals surface area (Å²) in [5.41, 5.74) is 0.572. The first-order valence-corrected chi connectivity index (χ1v) is 8.65. The Morgan fingerprint density at radius 2 is 1.94 bits per heavy atom. The van der Waals surface area contributed by atoms with Gasteiger partial charge in [-0.25, -0.2) is 0 Å². The molecule has 1 aliphatic heterocycles. The molecule has 1 fully saturated rings. The van der Waals surface area contributed by atoms with E-state index in [0.29, 0.717) is 36.9 Å². The highest BCUT2D eigenvalue weighted by Gasteiger charge is 2.27. The second-order valence-corrected chi connectivity index (χ2v) is 6.54. The van der Waals surface area contributed by atoms with Gasteiger partial charge in [-0.05, 0) is 18.2 Å². The Morgan fingerprint density at radius 3 is 2.56 bits per heavy atom. The van der Waals surface area contributed by atoms with Gasteiger partial charge >= 0.3 is 13.9 Å². The topological polar surface area (TPSA) is 38.8 Å². The van der Waals surface area contributed by atoms with Crippen LogP contribution in [0.15, 0.2) is 24.3 Å². The number of carbonyl (C=O) groups excluding carboxylic acids is 1. The summed E-state index contributed by atoms with van der Waals surface area (Å²) in [5.74, 6) is -0.0700. The Morgan fingerprint density at radius 1 is 1.28 bits per heavy atom. The first kappa shape index (κ1) is 14.1. The molecule has 0 unspecified atom stereocenters. The zero-order chi connectivity index (χ0) is 13.0. The lowest BCUT2D eigenvalue weighted by molar-refractivity contribution is 0.0633. The van der Waals surface area contributed by atoms with Crippen molar-refractivity contribution in [3.05, 3.63) is 34.9 Å². The Bertz CT molecular complexity index is 423. The van der Waals surface area contributed by atoms with E-state index < -0.39 is 13.9 Å². The fourth-order valence-corrected chi connectivity index (χ4v) is 3.08. The number of hydrogen-bond acceptors (Lipinski definition) is 3. The van der Waals surface area contributed by atoms with Crippen molar-refractivity contribution in [2.75, 3.05) is 26.3 Å². The molecule has 0 saturated carbocycles. The minimum absolute atomic E-state index is 0.0700. The van der Waals surface area contributed by atoms with Gasteiger partial charge in [0.15, 0.2) is 0 Å². The van der Waals surface area contributed by atoms with Gasteiger partial charge in [0.05, 0.1) is 0 Å². The van der Waals surface area contributed by atoms with Crippen molar-refractivity contribution in [2.24, 2.45) is 0 Å². The molecule has 1 aromatic carbocycles. The number of rotatable bonds is 1. The van der Waals surface area contributed by atoms with Crippen LogP contribution in [-0.2, 0) is 7.58 Å². The third-order valence-corrected chi connectivity index (χ3v) is 4.57. The Balaban J connectivity index is 2.04. The number of carbonyl (C=O) groups is 1. The molecule has 1 aliphatic rings. The third kappa shape index (κ3) is 3.86. The number of benzene rings is 1. The van der Waals surface area contributed by atoms with Gasteiger partial charge in [0.1, 0.15) is 0 Å². The van der Waals surface area contributed by atoms with Gasteiger partial charge in [0.25, 0.3) is 5.91 Å². The van der Waals surface area contributed by atoms with Crippen molar-refractivity contribution >= 4 is 41.5 Å². The summed E-state index contributed by atoms with van der Waals surface area (Å²) in [4.78, 5) is 13.9. The van der Waals surface area contributed by atoms with Crippen LogP contribution < -0.4 is 0 Å². The number of nitrogens with zero attached hydrogens (tertiary/aromatic N) is 1. The number of amides is 1. The van der Waals surface area contributed by atoms with Crippen LogP contribution in [0.5, 0.6) is 0 Å². The maximum absolute atomic E-state index is 12.2. The monoisotopic (exact) mass is 303 g/mol. The first-order valence-electron chi connectivity index (χ1n) is 5.59. The molecule has 7 heteroatoms. The van der Waals surface area contributed by atoms with Gasteiger partial charge in [-0.3, -0.25) is 4.79 Å². The van der Waals surface area contributed by atoms with E-state index in [-0.39, 0.29) is 5.91 Å². The lowest BCUT2D eigenvalue weighted by atomic mass is 10.2. The minimum Gasteiger partial charge on any atom is -0.464 e. The SMILES string of the molecule is O=C(c1cccc(Cl)c1)N1CC[O][Al]([Cl])[O]CC1. The highest BCUT2D eigenvalue weighted by Crippen LogP contribution is 2.13. The lowest BCUT2D eigenvalue weighted by Gasteiger charge is -2.26. The molecule has 1 heterocycles. The molecule has 0 atom stereocenters. The average Bonchev–Trinajstić information content (AvgIpc) is 2.33. The molecule has 1 saturated heterocycles. The van der Waals surface area contributed by atoms with Crippen molar-refractivity contribution in [3.63, 3.8) is 0 Å². The van der Waals surface area contributed by atoms with E-state index in [1.54, 1.807) is 29.2 Å². The molecular weight excluding hydrogens is 292 g/mol. The van der Waals surface area contributed by atoms with Crippen LogP contribution in [0.1, 0.15) is 10.4 Å². The fourth-order valence-electron chi connectivity index (χ4n) is 1.68. The minimum atomic E-state index is -2.00. The summed E-state index contributed by atoms with van der Waals surface area (Å²) < 4.78 is 10.6. The highest BCUT2D eigenvalue weighted by atomic mass is 35.6.